The van der Waals surface area contributed by atoms with E-state index in [9.17, 15) is 4.79 Å². The first-order valence-electron chi connectivity index (χ1n) is 5.95. The molecular formula is C13H16ClN3O. The van der Waals surface area contributed by atoms with Crippen LogP contribution in [-0.4, -0.2) is 23.1 Å². The molecule has 0 aliphatic carbocycles. The van der Waals surface area contributed by atoms with Crippen LogP contribution in [0.1, 0.15) is 12.0 Å². The first-order valence-corrected chi connectivity index (χ1v) is 6.33. The molecule has 5 heteroatoms. The molecule has 96 valence electrons. The van der Waals surface area contributed by atoms with Crippen LogP contribution < -0.4 is 10.9 Å². The number of hydrogen-bond acceptors (Lipinski definition) is 3. The average Bonchev–Trinajstić information content (AvgIpc) is 2.35. The molecule has 0 amide bonds. The van der Waals surface area contributed by atoms with Gasteiger partial charge in [0.2, 0.25) is 5.28 Å². The Morgan fingerprint density at radius 3 is 2.94 bits per heavy atom. The lowest BCUT2D eigenvalue weighted by Crippen LogP contribution is -2.24. The lowest BCUT2D eigenvalue weighted by atomic mass is 10.1. The van der Waals surface area contributed by atoms with Crippen molar-refractivity contribution in [1.82, 2.24) is 14.9 Å². The largest absolute Gasteiger partial charge is 0.320 e. The minimum atomic E-state index is -0.0650. The van der Waals surface area contributed by atoms with Crippen molar-refractivity contribution < 1.29 is 0 Å². The van der Waals surface area contributed by atoms with Gasteiger partial charge in [0.15, 0.2) is 0 Å². The molecule has 0 unspecified atom stereocenters. The molecule has 0 saturated carbocycles. The summed E-state index contributed by atoms with van der Waals surface area (Å²) in [6.07, 6.45) is 0.842. The molecule has 1 aromatic heterocycles. The number of para-hydroxylation sites is 1. The molecule has 1 N–H and O–H groups in total. The zero-order valence-corrected chi connectivity index (χ0v) is 11.3. The summed E-state index contributed by atoms with van der Waals surface area (Å²) in [6, 6.07) is 5.59. The molecule has 0 radical (unpaired) electrons. The van der Waals surface area contributed by atoms with Gasteiger partial charge in [-0.3, -0.25) is 9.36 Å². The zero-order chi connectivity index (χ0) is 13.1. The molecule has 0 aliphatic heterocycles. The Labute approximate surface area is 111 Å². The number of aromatic nitrogens is 2. The maximum Gasteiger partial charge on any atom is 0.262 e. The number of nitrogens with zero attached hydrogens (tertiary/aromatic N) is 2. The zero-order valence-electron chi connectivity index (χ0n) is 10.5. The van der Waals surface area contributed by atoms with Gasteiger partial charge in [0.25, 0.3) is 5.56 Å². The van der Waals surface area contributed by atoms with E-state index in [4.69, 9.17) is 11.6 Å². The van der Waals surface area contributed by atoms with E-state index in [2.05, 4.69) is 10.3 Å². The third-order valence-corrected chi connectivity index (χ3v) is 3.24. The van der Waals surface area contributed by atoms with E-state index in [1.54, 1.807) is 6.07 Å². The van der Waals surface area contributed by atoms with Crippen LogP contribution in [0.25, 0.3) is 10.9 Å². The molecule has 2 rings (SSSR count). The second-order valence-corrected chi connectivity index (χ2v) is 4.60. The Morgan fingerprint density at radius 2 is 2.22 bits per heavy atom. The first kappa shape index (κ1) is 13.1. The number of rotatable bonds is 4. The van der Waals surface area contributed by atoms with E-state index in [-0.39, 0.29) is 10.8 Å². The van der Waals surface area contributed by atoms with Crippen molar-refractivity contribution in [2.45, 2.75) is 19.9 Å². The fourth-order valence-electron chi connectivity index (χ4n) is 1.97. The van der Waals surface area contributed by atoms with Gasteiger partial charge in [-0.2, -0.15) is 0 Å². The number of nitrogens with one attached hydrogen (secondary N) is 1. The normalized spacial score (nSPS) is 11.1. The van der Waals surface area contributed by atoms with Crippen molar-refractivity contribution in [3.8, 4) is 0 Å². The van der Waals surface area contributed by atoms with E-state index in [0.29, 0.717) is 17.4 Å². The minimum absolute atomic E-state index is 0.0650. The molecule has 0 fully saturated rings. The molecule has 0 spiro atoms. The Kier molecular flexibility index (Phi) is 3.99. The maximum atomic E-state index is 12.3. The van der Waals surface area contributed by atoms with Crippen LogP contribution in [0.5, 0.6) is 0 Å². The Bertz CT molecular complexity index is 621. The molecular weight excluding hydrogens is 250 g/mol. The van der Waals surface area contributed by atoms with Crippen molar-refractivity contribution in [1.29, 1.82) is 0 Å². The number of aryl methyl sites for hydroxylation is 1. The highest BCUT2D eigenvalue weighted by molar-refractivity contribution is 6.28. The Balaban J connectivity index is 2.52. The second-order valence-electron chi connectivity index (χ2n) is 4.27. The molecule has 1 aromatic carbocycles. The summed E-state index contributed by atoms with van der Waals surface area (Å²) in [5, 5.41) is 3.93. The van der Waals surface area contributed by atoms with Crippen LogP contribution in [0.2, 0.25) is 5.28 Å². The van der Waals surface area contributed by atoms with Gasteiger partial charge in [-0.05, 0) is 50.2 Å². The molecule has 2 aromatic rings. The molecule has 0 atom stereocenters. The highest BCUT2D eigenvalue weighted by Crippen LogP contribution is 2.15. The van der Waals surface area contributed by atoms with Gasteiger partial charge < -0.3 is 5.32 Å². The van der Waals surface area contributed by atoms with Gasteiger partial charge in [-0.25, -0.2) is 4.98 Å². The minimum Gasteiger partial charge on any atom is -0.320 e. The van der Waals surface area contributed by atoms with Gasteiger partial charge in [-0.1, -0.05) is 12.1 Å². The van der Waals surface area contributed by atoms with Crippen LogP contribution in [0.3, 0.4) is 0 Å². The van der Waals surface area contributed by atoms with Gasteiger partial charge in [0.1, 0.15) is 0 Å². The third kappa shape index (κ3) is 2.40. The van der Waals surface area contributed by atoms with Crippen LogP contribution in [0.15, 0.2) is 23.0 Å². The summed E-state index contributed by atoms with van der Waals surface area (Å²) >= 11 is 6.09. The molecule has 18 heavy (non-hydrogen) atoms. The predicted octanol–water partition coefficient (Wildman–Crippen LogP) is 1.97. The first-order chi connectivity index (χ1) is 8.65. The highest BCUT2D eigenvalue weighted by atomic mass is 35.5. The molecule has 1 heterocycles. The van der Waals surface area contributed by atoms with Crippen LogP contribution in [0, 0.1) is 6.92 Å². The van der Waals surface area contributed by atoms with Crippen LogP contribution in [0.4, 0.5) is 0 Å². The molecule has 0 bridgehead atoms. The van der Waals surface area contributed by atoms with E-state index in [0.717, 1.165) is 18.5 Å². The quantitative estimate of drug-likeness (QED) is 0.679. The van der Waals surface area contributed by atoms with Gasteiger partial charge in [0, 0.05) is 6.54 Å². The highest BCUT2D eigenvalue weighted by Gasteiger charge is 2.10. The Morgan fingerprint density at radius 1 is 1.44 bits per heavy atom. The van der Waals surface area contributed by atoms with Crippen LogP contribution >= 0.6 is 11.6 Å². The van der Waals surface area contributed by atoms with Crippen molar-refractivity contribution in [3.63, 3.8) is 0 Å². The van der Waals surface area contributed by atoms with Crippen molar-refractivity contribution in [2.24, 2.45) is 0 Å². The number of benzene rings is 1. The molecule has 4 nitrogen and oxygen atoms in total. The summed E-state index contributed by atoms with van der Waals surface area (Å²) in [5.41, 5.74) is 1.59. The van der Waals surface area contributed by atoms with E-state index >= 15 is 0 Å². The van der Waals surface area contributed by atoms with Gasteiger partial charge in [0.05, 0.1) is 10.9 Å². The van der Waals surface area contributed by atoms with E-state index < -0.39 is 0 Å². The summed E-state index contributed by atoms with van der Waals surface area (Å²) in [5.74, 6) is 0. The topological polar surface area (TPSA) is 46.9 Å². The SMILES string of the molecule is CNCCCn1c(Cl)nc2c(C)cccc2c1=O. The lowest BCUT2D eigenvalue weighted by molar-refractivity contribution is 0.595. The summed E-state index contributed by atoms with van der Waals surface area (Å²) < 4.78 is 1.53. The fourth-order valence-corrected chi connectivity index (χ4v) is 2.22. The van der Waals surface area contributed by atoms with Gasteiger partial charge >= 0.3 is 0 Å². The van der Waals surface area contributed by atoms with Crippen molar-refractivity contribution >= 4 is 22.5 Å². The number of fused-ring (bicyclic) bond motifs is 1. The standard InChI is InChI=1S/C13H16ClN3O/c1-9-5-3-6-10-11(9)16-13(14)17(12(10)18)8-4-7-15-2/h3,5-6,15H,4,7-8H2,1-2H3. The van der Waals surface area contributed by atoms with E-state index in [1.165, 1.54) is 4.57 Å². The summed E-state index contributed by atoms with van der Waals surface area (Å²) in [4.78, 5) is 16.6. The predicted molar refractivity (Wildman–Crippen MR) is 74.3 cm³/mol. The third-order valence-electron chi connectivity index (χ3n) is 2.95. The summed E-state index contributed by atoms with van der Waals surface area (Å²) in [6.45, 7) is 3.35. The molecule has 0 aliphatic rings. The van der Waals surface area contributed by atoms with Crippen molar-refractivity contribution in [2.75, 3.05) is 13.6 Å². The lowest BCUT2D eigenvalue weighted by Gasteiger charge is -2.10. The average molecular weight is 266 g/mol. The van der Waals surface area contributed by atoms with E-state index in [1.807, 2.05) is 26.1 Å². The second kappa shape index (κ2) is 5.50. The monoisotopic (exact) mass is 265 g/mol. The van der Waals surface area contributed by atoms with Crippen molar-refractivity contribution in [3.05, 3.63) is 39.4 Å². The smallest absolute Gasteiger partial charge is 0.262 e. The number of halogens is 1. The number of hydrogen-bond donors (Lipinski definition) is 1. The molecule has 0 saturated heterocycles. The van der Waals surface area contributed by atoms with Crippen LogP contribution in [-0.2, 0) is 6.54 Å². The maximum absolute atomic E-state index is 12.3. The Hall–Kier alpha value is -1.39. The summed E-state index contributed by atoms with van der Waals surface area (Å²) in [7, 11) is 1.88. The van der Waals surface area contributed by atoms with Gasteiger partial charge in [-0.15, -0.1) is 0 Å². The fraction of sp³-hybridized carbons (Fsp3) is 0.385.